The van der Waals surface area contributed by atoms with E-state index in [9.17, 15) is 0 Å². The van der Waals surface area contributed by atoms with Crippen LogP contribution in [0, 0.1) is 6.92 Å². The molecule has 0 N–H and O–H groups in total. The summed E-state index contributed by atoms with van der Waals surface area (Å²) < 4.78 is 0. The van der Waals surface area contributed by atoms with Crippen LogP contribution in [0.2, 0.25) is 0 Å². The summed E-state index contributed by atoms with van der Waals surface area (Å²) in [6.07, 6.45) is 0. The topological polar surface area (TPSA) is 12.4 Å². The third-order valence-corrected chi connectivity index (χ3v) is 3.67. The molecule has 1 nitrogen and oxygen atoms in total. The lowest BCUT2D eigenvalue weighted by Gasteiger charge is -2.23. The van der Waals surface area contributed by atoms with Gasteiger partial charge in [-0.05, 0) is 18.1 Å². The van der Waals surface area contributed by atoms with Crippen molar-refractivity contribution in [1.82, 2.24) is 0 Å². The number of rotatable bonds is 1. The molecular formula is C17H17N. The van der Waals surface area contributed by atoms with Gasteiger partial charge in [-0.2, -0.15) is 0 Å². The fraction of sp³-hybridized carbons (Fsp3) is 0.235. The fourth-order valence-corrected chi connectivity index (χ4v) is 2.62. The molecule has 0 bridgehead atoms. The Bertz CT molecular complexity index is 611. The van der Waals surface area contributed by atoms with Crippen molar-refractivity contribution in [1.29, 1.82) is 0 Å². The predicted molar refractivity (Wildman–Crippen MR) is 76.5 cm³/mol. The Morgan fingerprint density at radius 2 is 1.61 bits per heavy atom. The Morgan fingerprint density at radius 1 is 0.944 bits per heavy atom. The molecule has 1 atom stereocenters. The first kappa shape index (κ1) is 11.2. The molecule has 0 spiro atoms. The maximum atomic E-state index is 4.80. The average Bonchev–Trinajstić information content (AvgIpc) is 2.41. The van der Waals surface area contributed by atoms with E-state index in [1.165, 1.54) is 22.3 Å². The number of nitrogens with zero attached hydrogens (tertiary/aromatic N) is 1. The first-order chi connectivity index (χ1) is 8.77. The van der Waals surface area contributed by atoms with Crippen LogP contribution in [0.15, 0.2) is 53.5 Å². The summed E-state index contributed by atoms with van der Waals surface area (Å²) in [7, 11) is 0. The molecule has 0 aromatic heterocycles. The lowest BCUT2D eigenvalue weighted by atomic mass is 9.87. The second kappa shape index (κ2) is 4.41. The molecule has 2 aromatic rings. The summed E-state index contributed by atoms with van der Waals surface area (Å²) in [5.41, 5.74) is 6.43. The summed E-state index contributed by atoms with van der Waals surface area (Å²) in [4.78, 5) is 4.80. The highest BCUT2D eigenvalue weighted by atomic mass is 14.8. The molecule has 1 aliphatic heterocycles. The maximum absolute atomic E-state index is 4.80. The molecule has 3 rings (SSSR count). The van der Waals surface area contributed by atoms with Crippen LogP contribution in [0.25, 0.3) is 0 Å². The number of aliphatic imine (C=N–C) groups is 1. The Hall–Kier alpha value is -1.89. The molecule has 1 heterocycles. The zero-order valence-electron chi connectivity index (χ0n) is 10.9. The number of aryl methyl sites for hydroxylation is 1. The van der Waals surface area contributed by atoms with E-state index in [4.69, 9.17) is 4.99 Å². The second-order valence-corrected chi connectivity index (χ2v) is 4.99. The minimum absolute atomic E-state index is 0.522. The minimum atomic E-state index is 0.522. The van der Waals surface area contributed by atoms with Crippen LogP contribution in [0.4, 0.5) is 0 Å². The quantitative estimate of drug-likeness (QED) is 0.709. The van der Waals surface area contributed by atoms with Crippen LogP contribution < -0.4 is 0 Å². The molecule has 0 saturated carbocycles. The van der Waals surface area contributed by atoms with Crippen LogP contribution in [0.3, 0.4) is 0 Å². The molecule has 2 aromatic carbocycles. The van der Waals surface area contributed by atoms with Crippen molar-refractivity contribution in [3.05, 3.63) is 70.8 Å². The summed E-state index contributed by atoms with van der Waals surface area (Å²) in [6, 6.07) is 17.1. The highest BCUT2D eigenvalue weighted by Gasteiger charge is 2.20. The Labute approximate surface area is 108 Å². The van der Waals surface area contributed by atoms with Gasteiger partial charge in [0.25, 0.3) is 0 Å². The predicted octanol–water partition coefficient (Wildman–Crippen LogP) is 3.95. The van der Waals surface area contributed by atoms with Gasteiger partial charge in [-0.3, -0.25) is 4.99 Å². The Kier molecular flexibility index (Phi) is 2.75. The van der Waals surface area contributed by atoms with Gasteiger partial charge >= 0.3 is 0 Å². The van der Waals surface area contributed by atoms with Gasteiger partial charge < -0.3 is 0 Å². The molecule has 0 radical (unpaired) electrons. The molecule has 18 heavy (non-hydrogen) atoms. The van der Waals surface area contributed by atoms with Crippen molar-refractivity contribution >= 4 is 5.71 Å². The highest BCUT2D eigenvalue weighted by molar-refractivity contribution is 6.15. The second-order valence-electron chi connectivity index (χ2n) is 4.99. The molecule has 0 saturated heterocycles. The van der Waals surface area contributed by atoms with Crippen molar-refractivity contribution < 1.29 is 0 Å². The smallest absolute Gasteiger partial charge is 0.0724 e. The van der Waals surface area contributed by atoms with Gasteiger partial charge in [0.05, 0.1) is 5.71 Å². The van der Waals surface area contributed by atoms with Crippen LogP contribution in [-0.4, -0.2) is 12.3 Å². The molecule has 1 aliphatic rings. The van der Waals surface area contributed by atoms with Crippen molar-refractivity contribution in [2.24, 2.45) is 4.99 Å². The van der Waals surface area contributed by atoms with E-state index in [0.717, 1.165) is 12.3 Å². The van der Waals surface area contributed by atoms with Crippen molar-refractivity contribution in [2.45, 2.75) is 19.8 Å². The van der Waals surface area contributed by atoms with Gasteiger partial charge in [0.15, 0.2) is 0 Å². The molecular weight excluding hydrogens is 218 g/mol. The summed E-state index contributed by atoms with van der Waals surface area (Å²) >= 11 is 0. The third kappa shape index (κ3) is 1.76. The summed E-state index contributed by atoms with van der Waals surface area (Å²) in [5.74, 6) is 0.522. The lowest BCUT2D eigenvalue weighted by molar-refractivity contribution is 0.761. The van der Waals surface area contributed by atoms with E-state index in [2.05, 4.69) is 62.4 Å². The van der Waals surface area contributed by atoms with Crippen LogP contribution in [0.1, 0.15) is 35.1 Å². The lowest BCUT2D eigenvalue weighted by Crippen LogP contribution is -2.17. The van der Waals surface area contributed by atoms with Crippen molar-refractivity contribution in [3.63, 3.8) is 0 Å². The molecule has 90 valence electrons. The van der Waals surface area contributed by atoms with E-state index in [0.29, 0.717) is 5.92 Å². The molecule has 0 unspecified atom stereocenters. The highest BCUT2D eigenvalue weighted by Crippen LogP contribution is 2.28. The maximum Gasteiger partial charge on any atom is 0.0724 e. The van der Waals surface area contributed by atoms with Crippen molar-refractivity contribution in [2.75, 3.05) is 6.54 Å². The van der Waals surface area contributed by atoms with Crippen LogP contribution in [0.5, 0.6) is 0 Å². The zero-order chi connectivity index (χ0) is 12.5. The monoisotopic (exact) mass is 235 g/mol. The largest absolute Gasteiger partial charge is 0.283 e. The van der Waals surface area contributed by atoms with Gasteiger partial charge in [0.2, 0.25) is 0 Å². The van der Waals surface area contributed by atoms with E-state index in [1.807, 2.05) is 0 Å². The van der Waals surface area contributed by atoms with Gasteiger partial charge in [-0.15, -0.1) is 0 Å². The van der Waals surface area contributed by atoms with E-state index >= 15 is 0 Å². The standard InChI is InChI=1S/C17H17N/c1-12-7-3-4-9-15(12)17-16-10-6-5-8-14(16)13(2)11-18-17/h3-10,13H,11H2,1-2H3/t13-/m0/s1. The van der Waals surface area contributed by atoms with Crippen LogP contribution >= 0.6 is 0 Å². The van der Waals surface area contributed by atoms with Crippen molar-refractivity contribution in [3.8, 4) is 0 Å². The van der Waals surface area contributed by atoms with E-state index in [1.54, 1.807) is 0 Å². The first-order valence-corrected chi connectivity index (χ1v) is 6.47. The van der Waals surface area contributed by atoms with Gasteiger partial charge in [0.1, 0.15) is 0 Å². The molecule has 0 aliphatic carbocycles. The number of hydrogen-bond acceptors (Lipinski definition) is 1. The number of benzene rings is 2. The first-order valence-electron chi connectivity index (χ1n) is 6.47. The van der Waals surface area contributed by atoms with E-state index < -0.39 is 0 Å². The summed E-state index contributed by atoms with van der Waals surface area (Å²) in [6.45, 7) is 5.29. The summed E-state index contributed by atoms with van der Waals surface area (Å²) in [5, 5.41) is 0. The van der Waals surface area contributed by atoms with Gasteiger partial charge in [-0.25, -0.2) is 0 Å². The number of fused-ring (bicyclic) bond motifs is 1. The average molecular weight is 235 g/mol. The Morgan fingerprint density at radius 3 is 2.39 bits per heavy atom. The number of hydrogen-bond donors (Lipinski definition) is 0. The van der Waals surface area contributed by atoms with E-state index in [-0.39, 0.29) is 0 Å². The van der Waals surface area contributed by atoms with Crippen LogP contribution in [-0.2, 0) is 0 Å². The fourth-order valence-electron chi connectivity index (χ4n) is 2.62. The normalized spacial score (nSPS) is 18.1. The molecule has 1 heteroatoms. The zero-order valence-corrected chi connectivity index (χ0v) is 10.9. The molecule has 0 fully saturated rings. The van der Waals surface area contributed by atoms with Gasteiger partial charge in [0, 0.05) is 23.6 Å². The third-order valence-electron chi connectivity index (χ3n) is 3.67. The van der Waals surface area contributed by atoms with Gasteiger partial charge in [-0.1, -0.05) is 55.5 Å². The molecule has 0 amide bonds. The minimum Gasteiger partial charge on any atom is -0.283 e. The SMILES string of the molecule is Cc1ccccc1C1=NC[C@H](C)c2ccccc21. The Balaban J connectivity index is 2.18.